The average molecular weight is 356 g/mol. The molecule has 1 amide bonds. The summed E-state index contributed by atoms with van der Waals surface area (Å²) in [6.45, 7) is 8.66. The van der Waals surface area contributed by atoms with Gasteiger partial charge in [-0.2, -0.15) is 0 Å². The number of morpholine rings is 1. The molecule has 1 fully saturated rings. The predicted molar refractivity (Wildman–Crippen MR) is 90.3 cm³/mol. The van der Waals surface area contributed by atoms with E-state index in [1.165, 1.54) is 6.07 Å². The molecule has 0 bridgehead atoms. The summed E-state index contributed by atoms with van der Waals surface area (Å²) in [5.74, 6) is -1.72. The Hall–Kier alpha value is -1.73. The topological polar surface area (TPSA) is 50.8 Å². The fourth-order valence-electron chi connectivity index (χ4n) is 2.63. The maximum absolute atomic E-state index is 13.4. The number of hydrogen-bond acceptors (Lipinski definition) is 4. The van der Waals surface area contributed by atoms with Crippen LogP contribution in [0.1, 0.15) is 38.9 Å². The minimum Gasteiger partial charge on any atom is -0.444 e. The molecule has 25 heavy (non-hydrogen) atoms. The van der Waals surface area contributed by atoms with Gasteiger partial charge in [0, 0.05) is 26.2 Å². The number of nitrogens with zero attached hydrogens (tertiary/aromatic N) is 1. The van der Waals surface area contributed by atoms with Crippen molar-refractivity contribution in [3.8, 4) is 0 Å². The maximum Gasteiger partial charge on any atom is 0.407 e. The minimum absolute atomic E-state index is 0.275. The number of hydrogen-bond donors (Lipinski definition) is 1. The van der Waals surface area contributed by atoms with Crippen LogP contribution in [0.5, 0.6) is 0 Å². The van der Waals surface area contributed by atoms with Crippen LogP contribution in [-0.2, 0) is 9.47 Å². The van der Waals surface area contributed by atoms with Crippen molar-refractivity contribution in [1.82, 2.24) is 10.2 Å². The number of halogens is 2. The number of alkyl carbamates (subject to hydrolysis) is 1. The van der Waals surface area contributed by atoms with Gasteiger partial charge in [0.1, 0.15) is 5.60 Å². The third-order valence-electron chi connectivity index (χ3n) is 3.79. The van der Waals surface area contributed by atoms with Crippen LogP contribution in [0.2, 0.25) is 0 Å². The third kappa shape index (κ3) is 6.59. The summed E-state index contributed by atoms with van der Waals surface area (Å²) in [7, 11) is 0. The van der Waals surface area contributed by atoms with Gasteiger partial charge < -0.3 is 14.8 Å². The molecule has 2 rings (SSSR count). The first-order chi connectivity index (χ1) is 11.7. The van der Waals surface area contributed by atoms with Gasteiger partial charge in [-0.1, -0.05) is 6.07 Å². The number of benzene rings is 1. The van der Waals surface area contributed by atoms with Crippen molar-refractivity contribution in [3.05, 3.63) is 35.4 Å². The Labute approximate surface area is 147 Å². The first-order valence-corrected chi connectivity index (χ1v) is 8.50. The number of nitrogens with one attached hydrogen (secondary N) is 1. The van der Waals surface area contributed by atoms with E-state index in [4.69, 9.17) is 9.47 Å². The van der Waals surface area contributed by atoms with E-state index in [1.54, 1.807) is 6.07 Å². The van der Waals surface area contributed by atoms with Gasteiger partial charge in [-0.3, -0.25) is 4.90 Å². The lowest BCUT2D eigenvalue weighted by molar-refractivity contribution is -0.0304. The molecule has 1 atom stereocenters. The summed E-state index contributed by atoms with van der Waals surface area (Å²) in [6.07, 6.45) is 0.0702. The quantitative estimate of drug-likeness (QED) is 0.823. The van der Waals surface area contributed by atoms with Crippen LogP contribution in [0.4, 0.5) is 13.6 Å². The van der Waals surface area contributed by atoms with E-state index in [0.717, 1.165) is 25.6 Å². The Morgan fingerprint density at radius 2 is 2.12 bits per heavy atom. The molecule has 5 nitrogen and oxygen atoms in total. The third-order valence-corrected chi connectivity index (χ3v) is 3.79. The monoisotopic (exact) mass is 356 g/mol. The van der Waals surface area contributed by atoms with Crippen molar-refractivity contribution in [2.45, 2.75) is 38.9 Å². The summed E-state index contributed by atoms with van der Waals surface area (Å²) in [5, 5.41) is 2.73. The highest BCUT2D eigenvalue weighted by atomic mass is 19.2. The predicted octanol–water partition coefficient (Wildman–Crippen LogP) is 3.25. The number of ether oxygens (including phenoxy) is 2. The van der Waals surface area contributed by atoms with Crippen molar-refractivity contribution >= 4 is 6.09 Å². The molecule has 0 aliphatic carbocycles. The Morgan fingerprint density at radius 3 is 2.80 bits per heavy atom. The van der Waals surface area contributed by atoms with Gasteiger partial charge in [-0.05, 0) is 44.9 Å². The molecular formula is C18H26F2N2O3. The van der Waals surface area contributed by atoms with E-state index in [-0.39, 0.29) is 6.10 Å². The molecule has 1 aromatic carbocycles. The van der Waals surface area contributed by atoms with Crippen molar-refractivity contribution in [2.24, 2.45) is 0 Å². The number of carbonyl (C=O) groups excluding carboxylic acids is 1. The second-order valence-corrected chi connectivity index (χ2v) is 7.12. The molecule has 1 saturated heterocycles. The second kappa shape index (κ2) is 8.58. The molecule has 0 radical (unpaired) electrons. The molecule has 1 N–H and O–H groups in total. The maximum atomic E-state index is 13.4. The van der Waals surface area contributed by atoms with E-state index in [0.29, 0.717) is 25.3 Å². The van der Waals surface area contributed by atoms with Gasteiger partial charge in [0.2, 0.25) is 0 Å². The molecule has 0 aromatic heterocycles. The molecule has 0 spiro atoms. The van der Waals surface area contributed by atoms with Crippen molar-refractivity contribution in [1.29, 1.82) is 0 Å². The highest BCUT2D eigenvalue weighted by Gasteiger charge is 2.22. The largest absolute Gasteiger partial charge is 0.444 e. The van der Waals surface area contributed by atoms with Gasteiger partial charge in [0.25, 0.3) is 0 Å². The van der Waals surface area contributed by atoms with Crippen LogP contribution in [0.25, 0.3) is 0 Å². The first-order valence-electron chi connectivity index (χ1n) is 8.50. The molecule has 1 aromatic rings. The summed E-state index contributed by atoms with van der Waals surface area (Å²) < 4.78 is 37.3. The Morgan fingerprint density at radius 1 is 1.36 bits per heavy atom. The summed E-state index contributed by atoms with van der Waals surface area (Å²) >= 11 is 0. The zero-order chi connectivity index (χ0) is 18.4. The number of rotatable bonds is 5. The van der Waals surface area contributed by atoms with Crippen LogP contribution in [0.3, 0.4) is 0 Å². The Bertz CT molecular complexity index is 590. The fraction of sp³-hybridized carbons (Fsp3) is 0.611. The van der Waals surface area contributed by atoms with E-state index < -0.39 is 23.3 Å². The highest BCUT2D eigenvalue weighted by molar-refractivity contribution is 5.67. The Kier molecular flexibility index (Phi) is 6.72. The SMILES string of the molecule is CC(C)(C)OC(=O)NCCCN1CCO[C@@H](c2ccc(F)c(F)c2)C1. The summed E-state index contributed by atoms with van der Waals surface area (Å²) in [6, 6.07) is 3.86. The molecule has 1 heterocycles. The minimum atomic E-state index is -0.861. The summed E-state index contributed by atoms with van der Waals surface area (Å²) in [5.41, 5.74) is 0.127. The van der Waals surface area contributed by atoms with Crippen molar-refractivity contribution in [3.63, 3.8) is 0 Å². The molecule has 7 heteroatoms. The lowest BCUT2D eigenvalue weighted by Crippen LogP contribution is -2.40. The van der Waals surface area contributed by atoms with E-state index >= 15 is 0 Å². The fourth-order valence-corrected chi connectivity index (χ4v) is 2.63. The number of amides is 1. The van der Waals surface area contributed by atoms with Crippen molar-refractivity contribution in [2.75, 3.05) is 32.8 Å². The molecule has 140 valence electrons. The number of carbonyl (C=O) groups is 1. The van der Waals surface area contributed by atoms with Gasteiger partial charge in [-0.25, -0.2) is 13.6 Å². The molecule has 0 unspecified atom stereocenters. The molecular weight excluding hydrogens is 330 g/mol. The lowest BCUT2D eigenvalue weighted by Gasteiger charge is -2.33. The Balaban J connectivity index is 1.74. The first kappa shape index (κ1) is 19.6. The van der Waals surface area contributed by atoms with Gasteiger partial charge in [0.15, 0.2) is 11.6 Å². The molecule has 0 saturated carbocycles. The van der Waals surface area contributed by atoms with Crippen LogP contribution in [-0.4, -0.2) is 49.4 Å². The van der Waals surface area contributed by atoms with Gasteiger partial charge in [-0.15, -0.1) is 0 Å². The second-order valence-electron chi connectivity index (χ2n) is 7.12. The average Bonchev–Trinajstić information content (AvgIpc) is 2.53. The van der Waals surface area contributed by atoms with Crippen molar-refractivity contribution < 1.29 is 23.0 Å². The normalized spacial score (nSPS) is 18.8. The summed E-state index contributed by atoms with van der Waals surface area (Å²) in [4.78, 5) is 13.8. The van der Waals surface area contributed by atoms with Crippen LogP contribution in [0.15, 0.2) is 18.2 Å². The zero-order valence-corrected chi connectivity index (χ0v) is 15.0. The molecule has 1 aliphatic heterocycles. The standard InChI is InChI=1S/C18H26F2N2O3/c1-18(2,3)25-17(23)21-7-4-8-22-9-10-24-16(12-22)13-5-6-14(19)15(20)11-13/h5-6,11,16H,4,7-10,12H2,1-3H3,(H,21,23)/t16-/m1/s1. The van der Waals surface area contributed by atoms with Gasteiger partial charge in [0.05, 0.1) is 12.7 Å². The van der Waals surface area contributed by atoms with E-state index in [9.17, 15) is 13.6 Å². The van der Waals surface area contributed by atoms with Gasteiger partial charge >= 0.3 is 6.09 Å². The van der Waals surface area contributed by atoms with E-state index in [2.05, 4.69) is 10.2 Å². The van der Waals surface area contributed by atoms with Crippen LogP contribution >= 0.6 is 0 Å². The molecule has 1 aliphatic rings. The smallest absolute Gasteiger partial charge is 0.407 e. The highest BCUT2D eigenvalue weighted by Crippen LogP contribution is 2.23. The van der Waals surface area contributed by atoms with Crippen LogP contribution in [0, 0.1) is 11.6 Å². The van der Waals surface area contributed by atoms with E-state index in [1.807, 2.05) is 20.8 Å². The lowest BCUT2D eigenvalue weighted by atomic mass is 10.1. The van der Waals surface area contributed by atoms with Crippen LogP contribution < -0.4 is 5.32 Å². The zero-order valence-electron chi connectivity index (χ0n) is 15.0.